The smallest absolute Gasteiger partial charge is 0.233 e. The molecule has 0 unspecified atom stereocenters. The van der Waals surface area contributed by atoms with Crippen molar-refractivity contribution in [1.82, 2.24) is 9.97 Å². The highest BCUT2D eigenvalue weighted by Gasteiger charge is 1.98. The van der Waals surface area contributed by atoms with Crippen molar-refractivity contribution >= 4 is 11.6 Å². The van der Waals surface area contributed by atoms with Gasteiger partial charge in [-0.2, -0.15) is 4.98 Å². The molecule has 0 bridgehead atoms. The third kappa shape index (κ3) is 4.22. The highest BCUT2D eigenvalue weighted by atomic mass is 35.5. The molecule has 2 rings (SSSR count). The minimum Gasteiger partial charge on any atom is -0.493 e. The maximum Gasteiger partial charge on any atom is 0.233 e. The first-order chi connectivity index (χ1) is 8.84. The highest BCUT2D eigenvalue weighted by Crippen LogP contribution is 2.10. The van der Waals surface area contributed by atoms with Crippen LogP contribution in [0.25, 0.3) is 0 Å². The summed E-state index contributed by atoms with van der Waals surface area (Å²) in [5.74, 6) is 1.29. The second-order valence-electron chi connectivity index (χ2n) is 3.54. The molecule has 5 heteroatoms. The van der Waals surface area contributed by atoms with Crippen LogP contribution in [0.5, 0.6) is 11.6 Å². The van der Waals surface area contributed by atoms with Gasteiger partial charge in [-0.1, -0.05) is 29.8 Å². The molecule has 1 aromatic heterocycles. The zero-order valence-corrected chi connectivity index (χ0v) is 10.5. The Labute approximate surface area is 111 Å². The van der Waals surface area contributed by atoms with E-state index in [-0.39, 0.29) is 0 Å². The third-order valence-electron chi connectivity index (χ3n) is 2.13. The molecule has 0 saturated heterocycles. The highest BCUT2D eigenvalue weighted by molar-refractivity contribution is 6.29. The van der Waals surface area contributed by atoms with Crippen molar-refractivity contribution in [1.29, 1.82) is 0 Å². The molecule has 4 nitrogen and oxygen atoms in total. The Morgan fingerprint density at radius 1 is 1.00 bits per heavy atom. The van der Waals surface area contributed by atoms with Crippen LogP contribution in [0.4, 0.5) is 0 Å². The summed E-state index contributed by atoms with van der Waals surface area (Å²) in [5.41, 5.74) is 0. The van der Waals surface area contributed by atoms with Gasteiger partial charge in [-0.15, -0.1) is 0 Å². The predicted octanol–water partition coefficient (Wildman–Crippen LogP) is 2.98. The number of hydrogen-bond donors (Lipinski definition) is 0. The van der Waals surface area contributed by atoms with Crippen LogP contribution in [0.15, 0.2) is 42.7 Å². The Hall–Kier alpha value is -1.81. The lowest BCUT2D eigenvalue weighted by Crippen LogP contribution is -2.05. The van der Waals surface area contributed by atoms with Crippen LogP contribution >= 0.6 is 11.6 Å². The maximum absolute atomic E-state index is 5.69. The van der Waals surface area contributed by atoms with Gasteiger partial charge in [0.05, 0.1) is 25.6 Å². The second-order valence-corrected chi connectivity index (χ2v) is 3.93. The van der Waals surface area contributed by atoms with Gasteiger partial charge in [0.15, 0.2) is 5.15 Å². The van der Waals surface area contributed by atoms with E-state index < -0.39 is 0 Å². The van der Waals surface area contributed by atoms with E-state index in [4.69, 9.17) is 21.1 Å². The van der Waals surface area contributed by atoms with Gasteiger partial charge in [-0.05, 0) is 12.1 Å². The minimum absolute atomic E-state index is 0.327. The average Bonchev–Trinajstić information content (AvgIpc) is 2.40. The number of ether oxygens (including phenoxy) is 2. The Bertz CT molecular complexity index is 479. The van der Waals surface area contributed by atoms with Crippen LogP contribution in [-0.4, -0.2) is 23.2 Å². The quantitative estimate of drug-likeness (QED) is 0.753. The lowest BCUT2D eigenvalue weighted by molar-refractivity contribution is 0.241. The molecule has 1 heterocycles. The molecule has 0 spiro atoms. The molecular formula is C13H13ClN2O2. The first-order valence-electron chi connectivity index (χ1n) is 5.63. The summed E-state index contributed by atoms with van der Waals surface area (Å²) >= 11 is 5.69. The molecule has 0 aliphatic rings. The van der Waals surface area contributed by atoms with Crippen molar-refractivity contribution in [2.45, 2.75) is 6.42 Å². The summed E-state index contributed by atoms with van der Waals surface area (Å²) in [6.07, 6.45) is 3.76. The van der Waals surface area contributed by atoms with Gasteiger partial charge < -0.3 is 9.47 Å². The number of benzene rings is 1. The van der Waals surface area contributed by atoms with Crippen molar-refractivity contribution in [3.05, 3.63) is 47.9 Å². The fraction of sp³-hybridized carbons (Fsp3) is 0.231. The normalized spacial score (nSPS) is 10.1. The van der Waals surface area contributed by atoms with E-state index in [9.17, 15) is 0 Å². The largest absolute Gasteiger partial charge is 0.493 e. The summed E-state index contributed by atoms with van der Waals surface area (Å²) in [4.78, 5) is 7.85. The van der Waals surface area contributed by atoms with Crippen LogP contribution in [-0.2, 0) is 0 Å². The SMILES string of the molecule is Clc1cncc(OCCCOc2ccccc2)n1. The Kier molecular flexibility index (Phi) is 4.78. The molecule has 2 aromatic rings. The third-order valence-corrected chi connectivity index (χ3v) is 2.32. The first-order valence-corrected chi connectivity index (χ1v) is 6.00. The topological polar surface area (TPSA) is 44.2 Å². The van der Waals surface area contributed by atoms with Crippen molar-refractivity contribution < 1.29 is 9.47 Å². The van der Waals surface area contributed by atoms with Gasteiger partial charge in [0.2, 0.25) is 5.88 Å². The van der Waals surface area contributed by atoms with Gasteiger partial charge >= 0.3 is 0 Å². The Morgan fingerprint density at radius 2 is 1.78 bits per heavy atom. The van der Waals surface area contributed by atoms with E-state index in [2.05, 4.69) is 9.97 Å². The molecule has 0 N–H and O–H groups in total. The molecule has 0 amide bonds. The fourth-order valence-corrected chi connectivity index (χ4v) is 1.48. The zero-order valence-electron chi connectivity index (χ0n) is 9.75. The fourth-order valence-electron chi connectivity index (χ4n) is 1.34. The van der Waals surface area contributed by atoms with Crippen molar-refractivity contribution in [3.63, 3.8) is 0 Å². The molecule has 0 radical (unpaired) electrons. The number of halogens is 1. The second kappa shape index (κ2) is 6.81. The van der Waals surface area contributed by atoms with E-state index in [0.29, 0.717) is 24.2 Å². The number of nitrogens with zero attached hydrogens (tertiary/aromatic N) is 2. The maximum atomic E-state index is 5.69. The number of hydrogen-bond acceptors (Lipinski definition) is 4. The minimum atomic E-state index is 0.327. The molecule has 1 aromatic carbocycles. The van der Waals surface area contributed by atoms with E-state index in [1.807, 2.05) is 30.3 Å². The van der Waals surface area contributed by atoms with E-state index in [0.717, 1.165) is 12.2 Å². The van der Waals surface area contributed by atoms with Crippen LogP contribution in [0.1, 0.15) is 6.42 Å². The van der Waals surface area contributed by atoms with Crippen molar-refractivity contribution in [2.75, 3.05) is 13.2 Å². The summed E-state index contributed by atoms with van der Waals surface area (Å²) in [7, 11) is 0. The van der Waals surface area contributed by atoms with E-state index in [1.54, 1.807) is 0 Å². The summed E-state index contributed by atoms with van der Waals surface area (Å²) in [6.45, 7) is 1.11. The molecule has 18 heavy (non-hydrogen) atoms. The lowest BCUT2D eigenvalue weighted by atomic mass is 10.3. The standard InChI is InChI=1S/C13H13ClN2O2/c14-12-9-15-10-13(16-12)18-8-4-7-17-11-5-2-1-3-6-11/h1-3,5-6,9-10H,4,7-8H2. The Morgan fingerprint density at radius 3 is 2.56 bits per heavy atom. The number of para-hydroxylation sites is 1. The van der Waals surface area contributed by atoms with Gasteiger partial charge in [0, 0.05) is 6.42 Å². The van der Waals surface area contributed by atoms with Crippen LogP contribution in [0.3, 0.4) is 0 Å². The van der Waals surface area contributed by atoms with E-state index >= 15 is 0 Å². The monoisotopic (exact) mass is 264 g/mol. The van der Waals surface area contributed by atoms with Crippen LogP contribution in [0.2, 0.25) is 5.15 Å². The molecule has 0 aliphatic heterocycles. The van der Waals surface area contributed by atoms with Gasteiger partial charge in [-0.3, -0.25) is 4.98 Å². The van der Waals surface area contributed by atoms with Crippen molar-refractivity contribution in [2.24, 2.45) is 0 Å². The molecular weight excluding hydrogens is 252 g/mol. The lowest BCUT2D eigenvalue weighted by Gasteiger charge is -2.07. The molecule has 94 valence electrons. The van der Waals surface area contributed by atoms with Gasteiger partial charge in [0.25, 0.3) is 0 Å². The van der Waals surface area contributed by atoms with Gasteiger partial charge in [-0.25, -0.2) is 0 Å². The summed E-state index contributed by atoms with van der Waals surface area (Å²) in [6, 6.07) is 9.67. The number of rotatable bonds is 6. The summed E-state index contributed by atoms with van der Waals surface area (Å²) < 4.78 is 10.9. The molecule has 0 saturated carbocycles. The zero-order chi connectivity index (χ0) is 12.6. The van der Waals surface area contributed by atoms with Crippen LogP contribution in [0, 0.1) is 0 Å². The average molecular weight is 265 g/mol. The van der Waals surface area contributed by atoms with Crippen LogP contribution < -0.4 is 9.47 Å². The van der Waals surface area contributed by atoms with E-state index in [1.165, 1.54) is 12.4 Å². The summed E-state index contributed by atoms with van der Waals surface area (Å²) in [5, 5.41) is 0.327. The molecule has 0 atom stereocenters. The number of aromatic nitrogens is 2. The Balaban J connectivity index is 1.65. The predicted molar refractivity (Wildman–Crippen MR) is 69.1 cm³/mol. The molecule has 0 fully saturated rings. The van der Waals surface area contributed by atoms with Gasteiger partial charge in [0.1, 0.15) is 5.75 Å². The van der Waals surface area contributed by atoms with Crippen molar-refractivity contribution in [3.8, 4) is 11.6 Å². The first kappa shape index (κ1) is 12.6. The molecule has 0 aliphatic carbocycles.